The lowest BCUT2D eigenvalue weighted by atomic mass is 9.96. The molecule has 0 radical (unpaired) electrons. The van der Waals surface area contributed by atoms with Crippen molar-refractivity contribution in [2.45, 2.75) is 12.5 Å². The van der Waals surface area contributed by atoms with Crippen LogP contribution in [0.25, 0.3) is 0 Å². The number of benzene rings is 1. The molecule has 5 heteroatoms. The minimum Gasteiger partial charge on any atom is -0.453 e. The van der Waals surface area contributed by atoms with Crippen molar-refractivity contribution in [1.29, 1.82) is 0 Å². The molecule has 0 saturated heterocycles. The fourth-order valence-corrected chi connectivity index (χ4v) is 1.61. The fraction of sp³-hybridized carbons (Fsp3) is 0.417. The minimum absolute atomic E-state index is 0.302. The maximum absolute atomic E-state index is 11.1. The van der Waals surface area contributed by atoms with Crippen LogP contribution in [0.2, 0.25) is 5.02 Å². The van der Waals surface area contributed by atoms with Crippen LogP contribution in [0.15, 0.2) is 24.3 Å². The number of carbonyl (C=O) groups is 1. The number of halogens is 1. The average molecular weight is 258 g/mol. The Labute approximate surface area is 106 Å². The van der Waals surface area contributed by atoms with Crippen LogP contribution < -0.4 is 5.32 Å². The Morgan fingerprint density at radius 3 is 2.71 bits per heavy atom. The number of hydrogen-bond donors (Lipinski definition) is 1. The summed E-state index contributed by atoms with van der Waals surface area (Å²) in [6.07, 6.45) is -0.490. The quantitative estimate of drug-likeness (QED) is 0.902. The van der Waals surface area contributed by atoms with Gasteiger partial charge in [-0.3, -0.25) is 0 Å². The van der Waals surface area contributed by atoms with E-state index in [1.165, 1.54) is 7.11 Å². The summed E-state index contributed by atoms with van der Waals surface area (Å²) >= 11 is 5.93. The first-order valence-corrected chi connectivity index (χ1v) is 5.52. The van der Waals surface area contributed by atoms with E-state index in [0.717, 1.165) is 5.56 Å². The minimum atomic E-state index is -0.640. The second-order valence-electron chi connectivity index (χ2n) is 3.79. The molecule has 4 nitrogen and oxygen atoms in total. The standard InChI is InChI=1S/C12H16ClNO3/c1-12(17-3,8-14-11(15)16-2)9-5-4-6-10(13)7-9/h4-7H,8H2,1-3H3,(H,14,15)/t12-/m1/s1. The number of rotatable bonds is 4. The van der Waals surface area contributed by atoms with Crippen LogP contribution in [0.5, 0.6) is 0 Å². The van der Waals surface area contributed by atoms with Gasteiger partial charge in [0.05, 0.1) is 13.7 Å². The first-order chi connectivity index (χ1) is 8.01. The van der Waals surface area contributed by atoms with E-state index < -0.39 is 11.7 Å². The van der Waals surface area contributed by atoms with Gasteiger partial charge in [0.15, 0.2) is 0 Å². The molecule has 17 heavy (non-hydrogen) atoms. The van der Waals surface area contributed by atoms with Crippen molar-refractivity contribution in [3.05, 3.63) is 34.9 Å². The molecule has 0 unspecified atom stereocenters. The molecule has 1 atom stereocenters. The van der Waals surface area contributed by atoms with Crippen molar-refractivity contribution in [2.75, 3.05) is 20.8 Å². The molecular weight excluding hydrogens is 242 g/mol. The Hall–Kier alpha value is -1.26. The van der Waals surface area contributed by atoms with Crippen LogP contribution in [-0.2, 0) is 15.1 Å². The van der Waals surface area contributed by atoms with Gasteiger partial charge >= 0.3 is 6.09 Å². The zero-order valence-electron chi connectivity index (χ0n) is 10.1. The third-order valence-electron chi connectivity index (χ3n) is 2.64. The molecule has 94 valence electrons. The van der Waals surface area contributed by atoms with Crippen LogP contribution in [0.3, 0.4) is 0 Å². The molecule has 0 aliphatic rings. The summed E-state index contributed by atoms with van der Waals surface area (Å²) in [5.41, 5.74) is 0.253. The molecule has 1 aromatic rings. The van der Waals surface area contributed by atoms with E-state index in [1.807, 2.05) is 25.1 Å². The molecule has 1 rings (SSSR count). The maximum Gasteiger partial charge on any atom is 0.406 e. The number of nitrogens with one attached hydrogen (secondary N) is 1. The van der Waals surface area contributed by atoms with Crippen LogP contribution in [0, 0.1) is 0 Å². The monoisotopic (exact) mass is 257 g/mol. The fourth-order valence-electron chi connectivity index (χ4n) is 1.42. The molecule has 0 aliphatic carbocycles. The SMILES string of the molecule is COC(=O)NC[C@@](C)(OC)c1cccc(Cl)c1. The van der Waals surface area contributed by atoms with Gasteiger partial charge in [-0.25, -0.2) is 4.79 Å². The van der Waals surface area contributed by atoms with E-state index in [2.05, 4.69) is 10.1 Å². The van der Waals surface area contributed by atoms with E-state index in [-0.39, 0.29) is 0 Å². The molecule has 0 aromatic heterocycles. The van der Waals surface area contributed by atoms with Crippen molar-refractivity contribution >= 4 is 17.7 Å². The number of alkyl carbamates (subject to hydrolysis) is 1. The smallest absolute Gasteiger partial charge is 0.406 e. The highest BCUT2D eigenvalue weighted by molar-refractivity contribution is 6.30. The van der Waals surface area contributed by atoms with Crippen molar-refractivity contribution in [1.82, 2.24) is 5.32 Å². The molecule has 1 aromatic carbocycles. The number of hydrogen-bond acceptors (Lipinski definition) is 3. The maximum atomic E-state index is 11.1. The molecule has 0 fully saturated rings. The lowest BCUT2D eigenvalue weighted by molar-refractivity contribution is 0.00295. The summed E-state index contributed by atoms with van der Waals surface area (Å²) in [5, 5.41) is 3.24. The second-order valence-corrected chi connectivity index (χ2v) is 4.23. The Kier molecular flexibility index (Phi) is 4.78. The Balaban J connectivity index is 2.84. The van der Waals surface area contributed by atoms with E-state index in [9.17, 15) is 4.79 Å². The third-order valence-corrected chi connectivity index (χ3v) is 2.88. The van der Waals surface area contributed by atoms with Gasteiger partial charge < -0.3 is 14.8 Å². The highest BCUT2D eigenvalue weighted by atomic mass is 35.5. The van der Waals surface area contributed by atoms with Crippen LogP contribution in [-0.4, -0.2) is 26.9 Å². The topological polar surface area (TPSA) is 47.6 Å². The van der Waals surface area contributed by atoms with Gasteiger partial charge in [0.1, 0.15) is 5.60 Å². The Morgan fingerprint density at radius 1 is 1.47 bits per heavy atom. The third kappa shape index (κ3) is 3.61. The van der Waals surface area contributed by atoms with Gasteiger partial charge in [-0.15, -0.1) is 0 Å². The molecule has 0 spiro atoms. The molecule has 0 bridgehead atoms. The summed E-state index contributed by atoms with van der Waals surface area (Å²) in [6, 6.07) is 7.33. The molecular formula is C12H16ClNO3. The lowest BCUT2D eigenvalue weighted by Gasteiger charge is -2.28. The van der Waals surface area contributed by atoms with E-state index in [0.29, 0.717) is 11.6 Å². The van der Waals surface area contributed by atoms with Gasteiger partial charge in [0, 0.05) is 12.1 Å². The summed E-state index contributed by atoms with van der Waals surface area (Å²) in [5.74, 6) is 0. The van der Waals surface area contributed by atoms with Crippen molar-refractivity contribution in [3.8, 4) is 0 Å². The molecule has 0 heterocycles. The molecule has 0 aliphatic heterocycles. The van der Waals surface area contributed by atoms with Gasteiger partial charge in [0.25, 0.3) is 0 Å². The predicted octanol–water partition coefficient (Wildman–Crippen LogP) is 2.56. The normalized spacial score (nSPS) is 13.9. The van der Waals surface area contributed by atoms with Crippen molar-refractivity contribution < 1.29 is 14.3 Å². The van der Waals surface area contributed by atoms with E-state index in [4.69, 9.17) is 16.3 Å². The van der Waals surface area contributed by atoms with Gasteiger partial charge in [-0.2, -0.15) is 0 Å². The van der Waals surface area contributed by atoms with Crippen molar-refractivity contribution in [2.24, 2.45) is 0 Å². The molecule has 1 N–H and O–H groups in total. The predicted molar refractivity (Wildman–Crippen MR) is 66.2 cm³/mol. The highest BCUT2D eigenvalue weighted by Gasteiger charge is 2.27. The first-order valence-electron chi connectivity index (χ1n) is 5.15. The van der Waals surface area contributed by atoms with Gasteiger partial charge in [0.2, 0.25) is 0 Å². The first kappa shape index (κ1) is 13.8. The van der Waals surface area contributed by atoms with E-state index in [1.54, 1.807) is 13.2 Å². The summed E-state index contributed by atoms with van der Waals surface area (Å²) in [7, 11) is 2.90. The average Bonchev–Trinajstić information content (AvgIpc) is 2.35. The van der Waals surface area contributed by atoms with Crippen LogP contribution in [0.1, 0.15) is 12.5 Å². The number of carbonyl (C=O) groups excluding carboxylic acids is 1. The highest BCUT2D eigenvalue weighted by Crippen LogP contribution is 2.26. The van der Waals surface area contributed by atoms with Gasteiger partial charge in [-0.05, 0) is 24.6 Å². The molecule has 0 saturated carbocycles. The van der Waals surface area contributed by atoms with Crippen LogP contribution >= 0.6 is 11.6 Å². The summed E-state index contributed by atoms with van der Waals surface area (Å²) in [4.78, 5) is 11.1. The number of methoxy groups -OCH3 is 2. The Morgan fingerprint density at radius 2 is 2.18 bits per heavy atom. The number of amides is 1. The largest absolute Gasteiger partial charge is 0.453 e. The second kappa shape index (κ2) is 5.89. The van der Waals surface area contributed by atoms with Crippen molar-refractivity contribution in [3.63, 3.8) is 0 Å². The number of ether oxygens (including phenoxy) is 2. The van der Waals surface area contributed by atoms with Gasteiger partial charge in [-0.1, -0.05) is 23.7 Å². The lowest BCUT2D eigenvalue weighted by Crippen LogP contribution is -2.40. The van der Waals surface area contributed by atoms with E-state index >= 15 is 0 Å². The summed E-state index contributed by atoms with van der Waals surface area (Å²) < 4.78 is 9.96. The van der Waals surface area contributed by atoms with Crippen LogP contribution in [0.4, 0.5) is 4.79 Å². The zero-order chi connectivity index (χ0) is 12.9. The zero-order valence-corrected chi connectivity index (χ0v) is 10.9. The Bertz CT molecular complexity index is 397. The molecule has 1 amide bonds. The summed E-state index contributed by atoms with van der Waals surface area (Å²) in [6.45, 7) is 2.17.